The van der Waals surface area contributed by atoms with Gasteiger partial charge in [0.15, 0.2) is 0 Å². The van der Waals surface area contributed by atoms with Gasteiger partial charge in [0, 0.05) is 5.56 Å². The minimum Gasteiger partial charge on any atom is -0.410 e. The van der Waals surface area contributed by atoms with Gasteiger partial charge in [0.25, 0.3) is 0 Å². The highest BCUT2D eigenvalue weighted by Gasteiger charge is 2.03. The second-order valence-corrected chi connectivity index (χ2v) is 2.31. The Kier molecular flexibility index (Phi) is 2.49. The quantitative estimate of drug-likeness (QED) is 0.682. The molecule has 2 amide bonds. The smallest absolute Gasteiger partial charge is 0.409 e. The molecule has 1 aromatic rings. The Hall–Kier alpha value is -2.04. The lowest BCUT2D eigenvalue weighted by Crippen LogP contribution is -2.17. The van der Waals surface area contributed by atoms with E-state index in [1.165, 1.54) is 18.2 Å². The summed E-state index contributed by atoms with van der Waals surface area (Å²) in [5.74, 6) is -0.390. The zero-order valence-electron chi connectivity index (χ0n) is 6.69. The van der Waals surface area contributed by atoms with Gasteiger partial charge in [-0.25, -0.2) is 4.79 Å². The summed E-state index contributed by atoms with van der Waals surface area (Å²) in [5, 5.41) is 0. The third-order valence-electron chi connectivity index (χ3n) is 1.34. The lowest BCUT2D eigenvalue weighted by atomic mass is 10.2. The number of rotatable bonds is 2. The number of hydrogen-bond acceptors (Lipinski definition) is 3. The molecule has 0 bridgehead atoms. The predicted octanol–water partition coefficient (Wildman–Crippen LogP) is 0.243. The molecule has 0 unspecified atom stereocenters. The van der Waals surface area contributed by atoms with E-state index in [0.29, 0.717) is 0 Å². The average Bonchev–Trinajstić information content (AvgIpc) is 2.03. The van der Waals surface area contributed by atoms with E-state index in [1.807, 2.05) is 0 Å². The normalized spacial score (nSPS) is 9.23. The summed E-state index contributed by atoms with van der Waals surface area (Å²) in [6.07, 6.45) is -0.929. The third kappa shape index (κ3) is 2.48. The molecule has 0 aliphatic rings. The van der Waals surface area contributed by atoms with E-state index in [9.17, 15) is 9.59 Å². The van der Waals surface area contributed by atoms with Crippen LogP contribution >= 0.6 is 0 Å². The van der Waals surface area contributed by atoms with Gasteiger partial charge < -0.3 is 16.2 Å². The van der Waals surface area contributed by atoms with Crippen molar-refractivity contribution in [3.05, 3.63) is 29.8 Å². The summed E-state index contributed by atoms with van der Waals surface area (Å²) in [5.41, 5.74) is 10.0. The first-order valence-electron chi connectivity index (χ1n) is 3.47. The lowest BCUT2D eigenvalue weighted by Gasteiger charge is -2.01. The first-order chi connectivity index (χ1) is 6.09. The molecule has 0 heterocycles. The molecule has 0 aromatic heterocycles. The molecule has 0 fully saturated rings. The summed E-state index contributed by atoms with van der Waals surface area (Å²) in [6, 6.07) is 5.89. The van der Waals surface area contributed by atoms with Crippen molar-refractivity contribution in [2.24, 2.45) is 11.5 Å². The minimum atomic E-state index is -0.929. The number of carbonyl (C=O) groups is 2. The fraction of sp³-hybridized carbons (Fsp3) is 0. The molecular formula is C8H8N2O3. The van der Waals surface area contributed by atoms with Crippen molar-refractivity contribution >= 4 is 12.0 Å². The molecule has 0 atom stereocenters. The second kappa shape index (κ2) is 3.57. The monoisotopic (exact) mass is 180 g/mol. The van der Waals surface area contributed by atoms with Crippen LogP contribution in [0.3, 0.4) is 0 Å². The van der Waals surface area contributed by atoms with E-state index in [4.69, 9.17) is 11.5 Å². The number of nitrogens with two attached hydrogens (primary N) is 2. The molecule has 0 aliphatic carbocycles. The summed E-state index contributed by atoms with van der Waals surface area (Å²) in [7, 11) is 0. The van der Waals surface area contributed by atoms with Crippen LogP contribution in [-0.2, 0) is 0 Å². The summed E-state index contributed by atoms with van der Waals surface area (Å²) in [6.45, 7) is 0. The largest absolute Gasteiger partial charge is 0.410 e. The standard InChI is InChI=1S/C8H8N2O3/c9-7(11)5-2-1-3-6(4-5)13-8(10)12/h1-4H,(H2,9,11)(H2,10,12). The maximum absolute atomic E-state index is 10.7. The molecule has 13 heavy (non-hydrogen) atoms. The number of hydrogen-bond donors (Lipinski definition) is 2. The highest BCUT2D eigenvalue weighted by molar-refractivity contribution is 5.93. The van der Waals surface area contributed by atoms with E-state index in [0.717, 1.165) is 0 Å². The highest BCUT2D eigenvalue weighted by Crippen LogP contribution is 2.12. The Labute approximate surface area is 74.3 Å². The number of benzene rings is 1. The summed E-state index contributed by atoms with van der Waals surface area (Å²) >= 11 is 0. The van der Waals surface area contributed by atoms with E-state index in [1.54, 1.807) is 6.07 Å². The Morgan fingerprint density at radius 2 is 1.92 bits per heavy atom. The lowest BCUT2D eigenvalue weighted by molar-refractivity contribution is 0.0999. The fourth-order valence-corrected chi connectivity index (χ4v) is 0.829. The van der Waals surface area contributed by atoms with Gasteiger partial charge in [-0.2, -0.15) is 0 Å². The van der Waals surface area contributed by atoms with Crippen molar-refractivity contribution < 1.29 is 14.3 Å². The van der Waals surface area contributed by atoms with Gasteiger partial charge >= 0.3 is 6.09 Å². The topological polar surface area (TPSA) is 95.4 Å². The molecular weight excluding hydrogens is 172 g/mol. The molecule has 0 spiro atoms. The number of ether oxygens (including phenoxy) is 1. The Morgan fingerprint density at radius 3 is 2.46 bits per heavy atom. The van der Waals surface area contributed by atoms with Crippen molar-refractivity contribution in [2.45, 2.75) is 0 Å². The van der Waals surface area contributed by atoms with Gasteiger partial charge in [0.2, 0.25) is 5.91 Å². The highest BCUT2D eigenvalue weighted by atomic mass is 16.5. The average molecular weight is 180 g/mol. The number of primary amides is 2. The van der Waals surface area contributed by atoms with Crippen LogP contribution in [0.5, 0.6) is 5.75 Å². The van der Waals surface area contributed by atoms with Gasteiger partial charge in [-0.05, 0) is 18.2 Å². The van der Waals surface area contributed by atoms with Crippen molar-refractivity contribution in [3.8, 4) is 5.75 Å². The number of amides is 2. The molecule has 0 aliphatic heterocycles. The maximum atomic E-state index is 10.7. The fourth-order valence-electron chi connectivity index (χ4n) is 0.829. The van der Waals surface area contributed by atoms with Gasteiger partial charge in [-0.1, -0.05) is 6.07 Å². The van der Waals surface area contributed by atoms with Crippen molar-refractivity contribution in [1.29, 1.82) is 0 Å². The van der Waals surface area contributed by atoms with Gasteiger partial charge in [0.1, 0.15) is 5.75 Å². The zero-order chi connectivity index (χ0) is 9.84. The third-order valence-corrected chi connectivity index (χ3v) is 1.34. The van der Waals surface area contributed by atoms with Crippen LogP contribution in [-0.4, -0.2) is 12.0 Å². The molecule has 5 heteroatoms. The van der Waals surface area contributed by atoms with E-state index < -0.39 is 12.0 Å². The first-order valence-corrected chi connectivity index (χ1v) is 3.47. The molecule has 0 saturated heterocycles. The first kappa shape index (κ1) is 9.05. The maximum Gasteiger partial charge on any atom is 0.409 e. The second-order valence-electron chi connectivity index (χ2n) is 2.31. The van der Waals surface area contributed by atoms with E-state index in [-0.39, 0.29) is 11.3 Å². The molecule has 4 N–H and O–H groups in total. The predicted molar refractivity (Wildman–Crippen MR) is 45.2 cm³/mol. The molecule has 68 valence electrons. The van der Waals surface area contributed by atoms with Crippen molar-refractivity contribution in [3.63, 3.8) is 0 Å². The van der Waals surface area contributed by atoms with Crippen LogP contribution in [0.2, 0.25) is 0 Å². The van der Waals surface area contributed by atoms with E-state index in [2.05, 4.69) is 4.74 Å². The zero-order valence-corrected chi connectivity index (χ0v) is 6.69. The minimum absolute atomic E-state index is 0.198. The molecule has 0 saturated carbocycles. The number of carbonyl (C=O) groups excluding carboxylic acids is 2. The van der Waals surface area contributed by atoms with Gasteiger partial charge in [-0.15, -0.1) is 0 Å². The van der Waals surface area contributed by atoms with Gasteiger partial charge in [0.05, 0.1) is 0 Å². The SMILES string of the molecule is NC(=O)Oc1cccc(C(N)=O)c1. The Morgan fingerprint density at radius 1 is 1.23 bits per heavy atom. The van der Waals surface area contributed by atoms with Gasteiger partial charge in [-0.3, -0.25) is 4.79 Å². The van der Waals surface area contributed by atoms with Crippen LogP contribution < -0.4 is 16.2 Å². The molecule has 5 nitrogen and oxygen atoms in total. The Bertz CT molecular complexity index is 349. The van der Waals surface area contributed by atoms with E-state index >= 15 is 0 Å². The van der Waals surface area contributed by atoms with Crippen LogP contribution in [0.25, 0.3) is 0 Å². The van der Waals surface area contributed by atoms with Crippen LogP contribution in [0.1, 0.15) is 10.4 Å². The molecule has 1 aromatic carbocycles. The summed E-state index contributed by atoms with van der Waals surface area (Å²) in [4.78, 5) is 21.0. The molecule has 1 rings (SSSR count). The van der Waals surface area contributed by atoms with Crippen molar-refractivity contribution in [2.75, 3.05) is 0 Å². The van der Waals surface area contributed by atoms with Crippen molar-refractivity contribution in [1.82, 2.24) is 0 Å². The summed E-state index contributed by atoms with van der Waals surface area (Å²) < 4.78 is 4.54. The van der Waals surface area contributed by atoms with Crippen LogP contribution in [0, 0.1) is 0 Å². The van der Waals surface area contributed by atoms with Crippen LogP contribution in [0.4, 0.5) is 4.79 Å². The van der Waals surface area contributed by atoms with Crippen LogP contribution in [0.15, 0.2) is 24.3 Å². The molecule has 0 radical (unpaired) electrons. The Balaban J connectivity index is 2.91.